The Bertz CT molecular complexity index is 557. The molecule has 7 heteroatoms. The first-order chi connectivity index (χ1) is 8.26. The minimum Gasteiger partial charge on any atom is -0.768 e. The van der Waals surface area contributed by atoms with Crippen LogP contribution in [-0.4, -0.2) is 14.5 Å². The SMILES string of the molecule is CC1CC(=O)c2c(C(F)(F)S(=O)[O-])ccc(F)c21. The third-order valence-corrected chi connectivity index (χ3v) is 3.62. The summed E-state index contributed by atoms with van der Waals surface area (Å²) in [6.07, 6.45) is -0.0924. The molecule has 0 spiro atoms. The number of carbonyl (C=O) groups is 1. The lowest BCUT2D eigenvalue weighted by molar-refractivity contribution is 0.0833. The molecule has 0 aliphatic heterocycles. The molecule has 0 bridgehead atoms. The molecule has 0 heterocycles. The van der Waals surface area contributed by atoms with Crippen molar-refractivity contribution in [1.82, 2.24) is 0 Å². The maximum atomic E-state index is 13.5. The Balaban J connectivity index is 2.74. The van der Waals surface area contributed by atoms with Gasteiger partial charge in [-0.15, -0.1) is 0 Å². The number of hydrogen-bond acceptors (Lipinski definition) is 3. The Hall–Kier alpha value is -1.21. The summed E-state index contributed by atoms with van der Waals surface area (Å²) >= 11 is -3.71. The molecule has 0 radical (unpaired) electrons. The smallest absolute Gasteiger partial charge is 0.335 e. The number of rotatable bonds is 2. The van der Waals surface area contributed by atoms with Gasteiger partial charge in [-0.3, -0.25) is 9.00 Å². The van der Waals surface area contributed by atoms with Crippen molar-refractivity contribution in [2.24, 2.45) is 0 Å². The molecular weight excluding hydrogens is 269 g/mol. The number of fused-ring (bicyclic) bond motifs is 1. The van der Waals surface area contributed by atoms with Crippen LogP contribution in [0.25, 0.3) is 0 Å². The third-order valence-electron chi connectivity index (χ3n) is 2.98. The molecular formula is C11H8F3O3S-. The zero-order valence-electron chi connectivity index (χ0n) is 9.21. The van der Waals surface area contributed by atoms with Gasteiger partial charge < -0.3 is 4.55 Å². The number of alkyl halides is 2. The quantitative estimate of drug-likeness (QED) is 0.780. The van der Waals surface area contributed by atoms with E-state index in [0.29, 0.717) is 6.07 Å². The molecule has 1 aromatic carbocycles. The molecule has 18 heavy (non-hydrogen) atoms. The van der Waals surface area contributed by atoms with Gasteiger partial charge in [-0.1, -0.05) is 6.92 Å². The maximum Gasteiger partial charge on any atom is 0.335 e. The van der Waals surface area contributed by atoms with E-state index in [0.717, 1.165) is 6.07 Å². The van der Waals surface area contributed by atoms with Crippen molar-refractivity contribution < 1.29 is 26.7 Å². The molecule has 1 aliphatic carbocycles. The highest BCUT2D eigenvalue weighted by Crippen LogP contribution is 2.42. The van der Waals surface area contributed by atoms with E-state index < -0.39 is 45.0 Å². The van der Waals surface area contributed by atoms with E-state index >= 15 is 0 Å². The summed E-state index contributed by atoms with van der Waals surface area (Å²) in [6, 6.07) is 1.42. The fourth-order valence-electron chi connectivity index (χ4n) is 2.19. The van der Waals surface area contributed by atoms with Gasteiger partial charge in [0.2, 0.25) is 0 Å². The van der Waals surface area contributed by atoms with Crippen molar-refractivity contribution >= 4 is 16.9 Å². The Labute approximate surface area is 103 Å². The first-order valence-electron chi connectivity index (χ1n) is 5.10. The van der Waals surface area contributed by atoms with Crippen molar-refractivity contribution in [1.29, 1.82) is 0 Å². The summed E-state index contributed by atoms with van der Waals surface area (Å²) in [5.41, 5.74) is -1.55. The molecule has 0 N–H and O–H groups in total. The van der Waals surface area contributed by atoms with Crippen LogP contribution in [0, 0.1) is 5.82 Å². The Morgan fingerprint density at radius 2 is 2.06 bits per heavy atom. The predicted molar refractivity (Wildman–Crippen MR) is 56.6 cm³/mol. The summed E-state index contributed by atoms with van der Waals surface area (Å²) in [5, 5.41) is -4.20. The van der Waals surface area contributed by atoms with Crippen LogP contribution in [0.5, 0.6) is 0 Å². The van der Waals surface area contributed by atoms with Crippen molar-refractivity contribution in [3.63, 3.8) is 0 Å². The average molecular weight is 277 g/mol. The number of carbonyl (C=O) groups excluding carboxylic acids is 1. The van der Waals surface area contributed by atoms with E-state index in [1.807, 2.05) is 0 Å². The van der Waals surface area contributed by atoms with Gasteiger partial charge in [-0.25, -0.2) is 4.39 Å². The molecule has 98 valence electrons. The van der Waals surface area contributed by atoms with Gasteiger partial charge in [-0.2, -0.15) is 8.78 Å². The predicted octanol–water partition coefficient (Wildman–Crippen LogP) is 2.44. The van der Waals surface area contributed by atoms with Crippen LogP contribution in [0.4, 0.5) is 13.2 Å². The van der Waals surface area contributed by atoms with Crippen molar-refractivity contribution in [3.8, 4) is 0 Å². The Morgan fingerprint density at radius 1 is 1.44 bits per heavy atom. The number of ketones is 1. The van der Waals surface area contributed by atoms with E-state index in [9.17, 15) is 26.7 Å². The largest absolute Gasteiger partial charge is 0.768 e. The second-order valence-corrected chi connectivity index (χ2v) is 5.15. The van der Waals surface area contributed by atoms with Gasteiger partial charge >= 0.3 is 5.25 Å². The fraction of sp³-hybridized carbons (Fsp3) is 0.364. The van der Waals surface area contributed by atoms with E-state index in [1.165, 1.54) is 6.92 Å². The van der Waals surface area contributed by atoms with Gasteiger partial charge in [0, 0.05) is 34.2 Å². The first-order valence-corrected chi connectivity index (χ1v) is 6.17. The lowest BCUT2D eigenvalue weighted by atomic mass is 9.99. The molecule has 2 atom stereocenters. The highest BCUT2D eigenvalue weighted by atomic mass is 32.2. The zero-order valence-corrected chi connectivity index (χ0v) is 10.0. The van der Waals surface area contributed by atoms with E-state index in [-0.39, 0.29) is 12.0 Å². The molecule has 0 fully saturated rings. The lowest BCUT2D eigenvalue weighted by Gasteiger charge is -2.21. The summed E-state index contributed by atoms with van der Waals surface area (Å²) < 4.78 is 61.6. The molecule has 0 saturated heterocycles. The van der Waals surface area contributed by atoms with Crippen molar-refractivity contribution in [2.45, 2.75) is 24.5 Å². The molecule has 1 aliphatic rings. The molecule has 2 unspecified atom stereocenters. The molecule has 0 saturated carbocycles. The highest BCUT2D eigenvalue weighted by molar-refractivity contribution is 7.79. The molecule has 0 amide bonds. The van der Waals surface area contributed by atoms with Gasteiger partial charge in [0.1, 0.15) is 5.82 Å². The average Bonchev–Trinajstić information content (AvgIpc) is 2.55. The van der Waals surface area contributed by atoms with Crippen LogP contribution >= 0.6 is 0 Å². The summed E-state index contributed by atoms with van der Waals surface area (Å²) in [4.78, 5) is 11.6. The van der Waals surface area contributed by atoms with E-state index in [4.69, 9.17) is 0 Å². The van der Waals surface area contributed by atoms with Gasteiger partial charge in [0.25, 0.3) is 0 Å². The zero-order chi connectivity index (χ0) is 13.7. The van der Waals surface area contributed by atoms with Gasteiger partial charge in [0.05, 0.1) is 0 Å². The Kier molecular flexibility index (Phi) is 3.06. The normalized spacial score (nSPS) is 20.9. The van der Waals surface area contributed by atoms with Gasteiger partial charge in [-0.05, 0) is 18.1 Å². The fourth-order valence-corrected chi connectivity index (χ4v) is 2.54. The molecule has 2 rings (SSSR count). The molecule has 0 aromatic heterocycles. The number of benzene rings is 1. The molecule has 1 aromatic rings. The monoisotopic (exact) mass is 277 g/mol. The number of Topliss-reactive ketones (excluding diaryl/α,β-unsaturated/α-hetero) is 1. The summed E-state index contributed by atoms with van der Waals surface area (Å²) in [5.74, 6) is -1.94. The second-order valence-electron chi connectivity index (χ2n) is 4.16. The second kappa shape index (κ2) is 4.17. The summed E-state index contributed by atoms with van der Waals surface area (Å²) in [7, 11) is 0. The van der Waals surface area contributed by atoms with Crippen LogP contribution in [-0.2, 0) is 16.3 Å². The minimum atomic E-state index is -4.20. The summed E-state index contributed by atoms with van der Waals surface area (Å²) in [6.45, 7) is 1.53. The standard InChI is InChI=1S/C11H9F3O3S/c1-5-4-8(15)10-6(11(13,14)18(16)17)2-3-7(12)9(5)10/h2-3,5H,4H2,1H3,(H,16,17)/p-1. The first kappa shape index (κ1) is 13.2. The van der Waals surface area contributed by atoms with Crippen molar-refractivity contribution in [2.75, 3.05) is 0 Å². The Morgan fingerprint density at radius 3 is 2.61 bits per heavy atom. The number of hydrogen-bond donors (Lipinski definition) is 0. The minimum absolute atomic E-state index is 0.0924. The molecule has 3 nitrogen and oxygen atoms in total. The van der Waals surface area contributed by atoms with E-state index in [2.05, 4.69) is 0 Å². The highest BCUT2D eigenvalue weighted by Gasteiger charge is 2.42. The number of halogens is 3. The topological polar surface area (TPSA) is 57.2 Å². The third kappa shape index (κ3) is 1.78. The van der Waals surface area contributed by atoms with Crippen LogP contribution in [0.2, 0.25) is 0 Å². The van der Waals surface area contributed by atoms with Crippen LogP contribution in [0.3, 0.4) is 0 Å². The lowest BCUT2D eigenvalue weighted by Crippen LogP contribution is -2.23. The van der Waals surface area contributed by atoms with Crippen LogP contribution < -0.4 is 0 Å². The van der Waals surface area contributed by atoms with Gasteiger partial charge in [0.15, 0.2) is 5.78 Å². The van der Waals surface area contributed by atoms with Crippen molar-refractivity contribution in [3.05, 3.63) is 34.6 Å². The van der Waals surface area contributed by atoms with Crippen LogP contribution in [0.1, 0.15) is 40.7 Å². The van der Waals surface area contributed by atoms with Crippen LogP contribution in [0.15, 0.2) is 12.1 Å². The maximum absolute atomic E-state index is 13.5. The van der Waals surface area contributed by atoms with E-state index in [1.54, 1.807) is 0 Å².